The predicted octanol–water partition coefficient (Wildman–Crippen LogP) is 0.0733. The second-order valence-corrected chi connectivity index (χ2v) is 3.79. The second kappa shape index (κ2) is 3.08. The van der Waals surface area contributed by atoms with E-state index in [9.17, 15) is 9.59 Å². The molecule has 2 aromatic rings. The largest absolute Gasteiger partial charge is 0.336 e. The average molecular weight is 208 g/mol. The van der Waals surface area contributed by atoms with Crippen LogP contribution in [-0.4, -0.2) is 19.5 Å². The van der Waals surface area contributed by atoms with E-state index in [1.165, 1.54) is 7.05 Å². The molecule has 0 aliphatic rings. The Kier molecular flexibility index (Phi) is 1.99. The van der Waals surface area contributed by atoms with Gasteiger partial charge >= 0.3 is 5.69 Å². The van der Waals surface area contributed by atoms with Crippen molar-refractivity contribution in [3.63, 3.8) is 0 Å². The molecule has 0 aromatic carbocycles. The highest BCUT2D eigenvalue weighted by Crippen LogP contribution is 2.11. The van der Waals surface area contributed by atoms with Crippen LogP contribution < -0.4 is 11.2 Å². The molecular weight excluding hydrogens is 196 g/mol. The van der Waals surface area contributed by atoms with Crippen LogP contribution in [0, 0.1) is 0 Å². The van der Waals surface area contributed by atoms with Gasteiger partial charge in [-0.25, -0.2) is 9.78 Å². The van der Waals surface area contributed by atoms with Gasteiger partial charge in [-0.2, -0.15) is 0 Å². The molecular formula is C9H12N4O2. The van der Waals surface area contributed by atoms with Crippen LogP contribution in [0.25, 0.3) is 11.2 Å². The molecule has 2 N–H and O–H groups in total. The minimum absolute atomic E-state index is 0.186. The topological polar surface area (TPSA) is 83.5 Å². The summed E-state index contributed by atoms with van der Waals surface area (Å²) in [4.78, 5) is 32.5. The van der Waals surface area contributed by atoms with Crippen LogP contribution in [0.2, 0.25) is 0 Å². The summed E-state index contributed by atoms with van der Waals surface area (Å²) in [7, 11) is 1.43. The lowest BCUT2D eigenvalue weighted by atomic mass is 10.2. The number of nitrogens with one attached hydrogen (secondary N) is 2. The van der Waals surface area contributed by atoms with Crippen molar-refractivity contribution in [2.24, 2.45) is 7.05 Å². The van der Waals surface area contributed by atoms with Crippen molar-refractivity contribution in [3.05, 3.63) is 26.7 Å². The number of hydrogen-bond acceptors (Lipinski definition) is 3. The van der Waals surface area contributed by atoms with Crippen molar-refractivity contribution in [2.75, 3.05) is 0 Å². The maximum Gasteiger partial charge on any atom is 0.329 e. The summed E-state index contributed by atoms with van der Waals surface area (Å²) in [5.41, 5.74) is -0.130. The summed E-state index contributed by atoms with van der Waals surface area (Å²) in [5, 5.41) is 0. The zero-order valence-electron chi connectivity index (χ0n) is 8.79. The van der Waals surface area contributed by atoms with Gasteiger partial charge in [0, 0.05) is 13.0 Å². The molecule has 0 aliphatic carbocycles. The van der Waals surface area contributed by atoms with Gasteiger partial charge in [-0.1, -0.05) is 13.8 Å². The number of nitrogens with zero attached hydrogens (tertiary/aromatic N) is 2. The van der Waals surface area contributed by atoms with Gasteiger partial charge in [-0.15, -0.1) is 0 Å². The summed E-state index contributed by atoms with van der Waals surface area (Å²) in [6, 6.07) is 0. The highest BCUT2D eigenvalue weighted by atomic mass is 16.2. The molecule has 0 radical (unpaired) electrons. The first kappa shape index (κ1) is 9.70. The number of imidazole rings is 1. The molecule has 80 valence electrons. The SMILES string of the molecule is CC(C)c1nc2[nH]c(=O)n(C)c(=O)c2[nH]1. The molecule has 0 saturated heterocycles. The van der Waals surface area contributed by atoms with E-state index in [1.54, 1.807) is 0 Å². The molecule has 0 spiro atoms. The molecule has 2 aromatic heterocycles. The third kappa shape index (κ3) is 1.38. The second-order valence-electron chi connectivity index (χ2n) is 3.79. The Labute approximate surface area is 85.0 Å². The van der Waals surface area contributed by atoms with Crippen molar-refractivity contribution < 1.29 is 0 Å². The molecule has 2 rings (SSSR count). The molecule has 2 heterocycles. The van der Waals surface area contributed by atoms with Gasteiger partial charge < -0.3 is 4.98 Å². The van der Waals surface area contributed by atoms with Crippen molar-refractivity contribution in [1.82, 2.24) is 19.5 Å². The standard InChI is InChI=1S/C9H12N4O2/c1-4(2)6-10-5-7(11-6)12-9(15)13(3)8(5)14/h4H,1-3H3,(H,10,11)(H,12,15). The van der Waals surface area contributed by atoms with Crippen LogP contribution in [0.1, 0.15) is 25.6 Å². The van der Waals surface area contributed by atoms with E-state index in [4.69, 9.17) is 0 Å². The smallest absolute Gasteiger partial charge is 0.329 e. The minimum Gasteiger partial charge on any atom is -0.336 e. The maximum atomic E-state index is 11.7. The van der Waals surface area contributed by atoms with Crippen LogP contribution in [0.15, 0.2) is 9.59 Å². The molecule has 0 aliphatic heterocycles. The van der Waals surface area contributed by atoms with Crippen molar-refractivity contribution in [2.45, 2.75) is 19.8 Å². The maximum absolute atomic E-state index is 11.7. The lowest BCUT2D eigenvalue weighted by molar-refractivity contribution is 0.790. The van der Waals surface area contributed by atoms with Gasteiger partial charge in [0.05, 0.1) is 0 Å². The molecule has 0 atom stereocenters. The number of aromatic nitrogens is 4. The molecule has 6 nitrogen and oxygen atoms in total. The Balaban J connectivity index is 2.88. The van der Waals surface area contributed by atoms with Gasteiger partial charge in [0.15, 0.2) is 5.65 Å². The molecule has 6 heteroatoms. The minimum atomic E-state index is -0.450. The number of H-pyrrole nitrogens is 2. The lowest BCUT2D eigenvalue weighted by Gasteiger charge is -1.95. The van der Waals surface area contributed by atoms with Crippen molar-refractivity contribution in [1.29, 1.82) is 0 Å². The first-order valence-electron chi connectivity index (χ1n) is 4.69. The Morgan fingerprint density at radius 3 is 2.53 bits per heavy atom. The van der Waals surface area contributed by atoms with Crippen LogP contribution >= 0.6 is 0 Å². The third-order valence-corrected chi connectivity index (χ3v) is 2.32. The molecule has 0 unspecified atom stereocenters. The molecule has 0 bridgehead atoms. The summed E-state index contributed by atoms with van der Waals surface area (Å²) in [6.07, 6.45) is 0. The highest BCUT2D eigenvalue weighted by molar-refractivity contribution is 5.68. The Morgan fingerprint density at radius 1 is 1.27 bits per heavy atom. The van der Waals surface area contributed by atoms with E-state index < -0.39 is 5.69 Å². The van der Waals surface area contributed by atoms with Crippen LogP contribution in [0.4, 0.5) is 0 Å². The van der Waals surface area contributed by atoms with Crippen LogP contribution in [0.3, 0.4) is 0 Å². The van der Waals surface area contributed by atoms with Gasteiger partial charge in [0.2, 0.25) is 0 Å². The lowest BCUT2D eigenvalue weighted by Crippen LogP contribution is -2.32. The van der Waals surface area contributed by atoms with E-state index in [-0.39, 0.29) is 11.5 Å². The van der Waals surface area contributed by atoms with E-state index in [0.29, 0.717) is 17.0 Å². The summed E-state index contributed by atoms with van der Waals surface area (Å²) >= 11 is 0. The van der Waals surface area contributed by atoms with Gasteiger partial charge in [-0.3, -0.25) is 14.3 Å². The molecule has 0 amide bonds. The van der Waals surface area contributed by atoms with E-state index >= 15 is 0 Å². The fourth-order valence-electron chi connectivity index (χ4n) is 1.36. The van der Waals surface area contributed by atoms with Gasteiger partial charge in [0.1, 0.15) is 11.3 Å². The number of rotatable bonds is 1. The zero-order chi connectivity index (χ0) is 11.2. The summed E-state index contributed by atoms with van der Waals surface area (Å²) in [5.74, 6) is 0.884. The van der Waals surface area contributed by atoms with E-state index in [1.807, 2.05) is 13.8 Å². The fraction of sp³-hybridized carbons (Fsp3) is 0.444. The Morgan fingerprint density at radius 2 is 1.93 bits per heavy atom. The first-order chi connectivity index (χ1) is 7.00. The van der Waals surface area contributed by atoms with Gasteiger partial charge in [0.25, 0.3) is 5.56 Å². The average Bonchev–Trinajstić information content (AvgIpc) is 2.58. The quantitative estimate of drug-likeness (QED) is 0.695. The van der Waals surface area contributed by atoms with E-state index in [2.05, 4.69) is 15.0 Å². The van der Waals surface area contributed by atoms with Crippen LogP contribution in [-0.2, 0) is 7.05 Å². The van der Waals surface area contributed by atoms with Crippen molar-refractivity contribution >= 4 is 11.2 Å². The Bertz CT molecular complexity index is 617. The van der Waals surface area contributed by atoms with E-state index in [0.717, 1.165) is 4.57 Å². The fourth-order valence-corrected chi connectivity index (χ4v) is 1.36. The predicted molar refractivity (Wildman–Crippen MR) is 56.0 cm³/mol. The van der Waals surface area contributed by atoms with Crippen molar-refractivity contribution in [3.8, 4) is 0 Å². The Hall–Kier alpha value is -1.85. The van der Waals surface area contributed by atoms with Crippen LogP contribution in [0.5, 0.6) is 0 Å². The first-order valence-corrected chi connectivity index (χ1v) is 4.69. The monoisotopic (exact) mass is 208 g/mol. The summed E-state index contributed by atoms with van der Waals surface area (Å²) in [6.45, 7) is 3.92. The number of hydrogen-bond donors (Lipinski definition) is 2. The zero-order valence-corrected chi connectivity index (χ0v) is 8.79. The summed E-state index contributed by atoms with van der Waals surface area (Å²) < 4.78 is 1.02. The number of fused-ring (bicyclic) bond motifs is 1. The molecule has 15 heavy (non-hydrogen) atoms. The molecule has 0 saturated carbocycles. The highest BCUT2D eigenvalue weighted by Gasteiger charge is 2.11. The van der Waals surface area contributed by atoms with Gasteiger partial charge in [-0.05, 0) is 0 Å². The normalized spacial score (nSPS) is 11.5. The third-order valence-electron chi connectivity index (χ3n) is 2.32. The number of aromatic amines is 2. The molecule has 0 fully saturated rings.